The number of H-pyrrole nitrogens is 1. The zero-order chi connectivity index (χ0) is 28.9. The van der Waals surface area contributed by atoms with E-state index in [1.54, 1.807) is 42.3 Å². The predicted molar refractivity (Wildman–Crippen MR) is 146 cm³/mol. The Morgan fingerprint density at radius 2 is 1.76 bits per heavy atom. The second-order valence-electron chi connectivity index (χ2n) is 10.3. The molecule has 6 rings (SSSR count). The van der Waals surface area contributed by atoms with Gasteiger partial charge in [0.2, 0.25) is 0 Å². The third-order valence-corrected chi connectivity index (χ3v) is 7.48. The van der Waals surface area contributed by atoms with Crippen LogP contribution in [-0.4, -0.2) is 74.8 Å². The normalized spacial score (nSPS) is 17.9. The number of aromatic amines is 1. The molecule has 0 radical (unpaired) electrons. The number of halogens is 3. The molecule has 2 aliphatic heterocycles. The molecule has 1 saturated heterocycles. The van der Waals surface area contributed by atoms with Gasteiger partial charge in [0.25, 0.3) is 11.8 Å². The SMILES string of the molecule is CC1=C(C(=O)Nc2ccc3[nH]ncc3c2)C(c2ccc(C(F)(F)F)cc2)n2nc(C(=O)N3CCN(C)CC3)cc2N1. The fraction of sp³-hybridized carbons (Fsp3) is 0.286. The van der Waals surface area contributed by atoms with Crippen LogP contribution in [0.5, 0.6) is 0 Å². The van der Waals surface area contributed by atoms with Crippen LogP contribution in [0.2, 0.25) is 0 Å². The Hall–Kier alpha value is -4.65. The molecule has 4 heterocycles. The van der Waals surface area contributed by atoms with Crippen molar-refractivity contribution in [2.24, 2.45) is 0 Å². The van der Waals surface area contributed by atoms with Crippen molar-refractivity contribution in [1.29, 1.82) is 0 Å². The Morgan fingerprint density at radius 1 is 1.02 bits per heavy atom. The molecule has 0 aliphatic carbocycles. The third kappa shape index (κ3) is 5.04. The van der Waals surface area contributed by atoms with Crippen molar-refractivity contribution in [2.45, 2.75) is 19.1 Å². The second kappa shape index (κ2) is 10.1. The van der Waals surface area contributed by atoms with E-state index in [4.69, 9.17) is 0 Å². The van der Waals surface area contributed by atoms with Gasteiger partial charge in [0, 0.05) is 49.0 Å². The van der Waals surface area contributed by atoms with E-state index in [0.717, 1.165) is 36.1 Å². The minimum atomic E-state index is -4.51. The number of carbonyl (C=O) groups is 2. The van der Waals surface area contributed by atoms with Crippen LogP contribution >= 0.6 is 0 Å². The zero-order valence-electron chi connectivity index (χ0n) is 22.3. The van der Waals surface area contributed by atoms with E-state index in [9.17, 15) is 22.8 Å². The number of rotatable bonds is 4. The van der Waals surface area contributed by atoms with Gasteiger partial charge in [-0.3, -0.25) is 14.7 Å². The Labute approximate surface area is 232 Å². The van der Waals surface area contributed by atoms with E-state index in [0.29, 0.717) is 35.9 Å². The summed E-state index contributed by atoms with van der Waals surface area (Å²) in [6.45, 7) is 4.30. The summed E-state index contributed by atoms with van der Waals surface area (Å²) in [5, 5.41) is 18.3. The molecule has 10 nitrogen and oxygen atoms in total. The molecule has 2 aromatic heterocycles. The number of allylic oxidation sites excluding steroid dienone is 1. The molecular formula is C28H27F3N8O2. The Kier molecular flexibility index (Phi) is 6.53. The monoisotopic (exact) mass is 564 g/mol. The van der Waals surface area contributed by atoms with Crippen LogP contribution in [0.4, 0.5) is 24.7 Å². The van der Waals surface area contributed by atoms with Gasteiger partial charge in [-0.1, -0.05) is 12.1 Å². The van der Waals surface area contributed by atoms with E-state index >= 15 is 0 Å². The number of nitrogens with zero attached hydrogens (tertiary/aromatic N) is 5. The lowest BCUT2D eigenvalue weighted by Gasteiger charge is -2.32. The Morgan fingerprint density at radius 3 is 2.46 bits per heavy atom. The highest BCUT2D eigenvalue weighted by Gasteiger charge is 2.36. The van der Waals surface area contributed by atoms with Gasteiger partial charge in [-0.15, -0.1) is 0 Å². The van der Waals surface area contributed by atoms with Gasteiger partial charge in [-0.2, -0.15) is 23.4 Å². The average molecular weight is 565 g/mol. The fourth-order valence-corrected chi connectivity index (χ4v) is 5.22. The molecule has 2 aromatic carbocycles. The van der Waals surface area contributed by atoms with Gasteiger partial charge in [0.05, 0.1) is 22.9 Å². The van der Waals surface area contributed by atoms with Crippen LogP contribution in [0.1, 0.15) is 34.6 Å². The van der Waals surface area contributed by atoms with Crippen LogP contribution in [-0.2, 0) is 11.0 Å². The highest BCUT2D eigenvalue weighted by molar-refractivity contribution is 6.07. The first-order chi connectivity index (χ1) is 19.6. The fourth-order valence-electron chi connectivity index (χ4n) is 5.22. The van der Waals surface area contributed by atoms with Crippen molar-refractivity contribution < 1.29 is 22.8 Å². The molecule has 1 fully saturated rings. The summed E-state index contributed by atoms with van der Waals surface area (Å²) in [5.74, 6) is -0.248. The summed E-state index contributed by atoms with van der Waals surface area (Å²) in [6, 6.07) is 10.6. The number of piperazine rings is 1. The topological polar surface area (TPSA) is 111 Å². The highest BCUT2D eigenvalue weighted by Crippen LogP contribution is 2.38. The first-order valence-electron chi connectivity index (χ1n) is 13.1. The van der Waals surface area contributed by atoms with E-state index in [1.165, 1.54) is 16.8 Å². The first-order valence-corrected chi connectivity index (χ1v) is 13.1. The molecule has 41 heavy (non-hydrogen) atoms. The van der Waals surface area contributed by atoms with Gasteiger partial charge < -0.3 is 20.4 Å². The van der Waals surface area contributed by atoms with Gasteiger partial charge in [-0.25, -0.2) is 4.68 Å². The lowest BCUT2D eigenvalue weighted by atomic mass is 9.94. The number of anilines is 2. The van der Waals surface area contributed by atoms with Crippen LogP contribution in [0.25, 0.3) is 10.9 Å². The van der Waals surface area contributed by atoms with Crippen molar-refractivity contribution in [3.63, 3.8) is 0 Å². The summed E-state index contributed by atoms with van der Waals surface area (Å²) in [7, 11) is 1.99. The van der Waals surface area contributed by atoms with E-state index < -0.39 is 23.7 Å². The Balaban J connectivity index is 1.38. The number of hydrogen-bond acceptors (Lipinski definition) is 6. The standard InChI is InChI=1S/C28H27F3N8O2/c1-16-24(26(40)34-20-7-8-21-18(13-20)15-32-35-21)25(17-3-5-19(6-4-17)28(29,30)31)39-23(33-16)14-22(36-39)27(41)38-11-9-37(2)10-12-38/h3-8,13-15,25,33H,9-12H2,1-2H3,(H,32,35)(H,34,40). The molecule has 0 saturated carbocycles. The van der Waals surface area contributed by atoms with Gasteiger partial charge >= 0.3 is 6.18 Å². The summed E-state index contributed by atoms with van der Waals surface area (Å²) in [5.41, 5.74) is 1.87. The summed E-state index contributed by atoms with van der Waals surface area (Å²) in [4.78, 5) is 30.9. The number of nitrogens with one attached hydrogen (secondary N) is 3. The predicted octanol–water partition coefficient (Wildman–Crippen LogP) is 4.09. The molecule has 212 valence electrons. The van der Waals surface area contributed by atoms with Crippen molar-refractivity contribution in [3.8, 4) is 0 Å². The molecule has 3 N–H and O–H groups in total. The first kappa shape index (κ1) is 26.6. The van der Waals surface area contributed by atoms with Crippen molar-refractivity contribution >= 4 is 34.2 Å². The van der Waals surface area contributed by atoms with Crippen molar-refractivity contribution in [3.05, 3.63) is 82.8 Å². The molecular weight excluding hydrogens is 537 g/mol. The van der Waals surface area contributed by atoms with Crippen LogP contribution in [0.15, 0.2) is 66.0 Å². The molecule has 0 spiro atoms. The van der Waals surface area contributed by atoms with E-state index in [2.05, 4.69) is 30.8 Å². The van der Waals surface area contributed by atoms with Gasteiger partial charge in [0.1, 0.15) is 11.9 Å². The molecule has 13 heteroatoms. The smallest absolute Gasteiger partial charge is 0.344 e. The number of benzene rings is 2. The van der Waals surface area contributed by atoms with Crippen LogP contribution in [0.3, 0.4) is 0 Å². The zero-order valence-corrected chi connectivity index (χ0v) is 22.3. The minimum absolute atomic E-state index is 0.189. The lowest BCUT2D eigenvalue weighted by molar-refractivity contribution is -0.137. The number of hydrogen-bond donors (Lipinski definition) is 3. The van der Waals surface area contributed by atoms with Crippen LogP contribution < -0.4 is 10.6 Å². The number of alkyl halides is 3. The highest BCUT2D eigenvalue weighted by atomic mass is 19.4. The summed E-state index contributed by atoms with van der Waals surface area (Å²) in [6.07, 6.45) is -2.87. The lowest BCUT2D eigenvalue weighted by Crippen LogP contribution is -2.47. The Bertz CT molecular complexity index is 1660. The maximum absolute atomic E-state index is 13.8. The molecule has 4 aromatic rings. The van der Waals surface area contributed by atoms with E-state index in [1.807, 2.05) is 7.05 Å². The largest absolute Gasteiger partial charge is 0.416 e. The number of likely N-dealkylation sites (N-methyl/N-ethyl adjacent to an activating group) is 1. The van der Waals surface area contributed by atoms with E-state index in [-0.39, 0.29) is 17.2 Å². The maximum atomic E-state index is 13.8. The quantitative estimate of drug-likeness (QED) is 0.344. The molecule has 2 aliphatic rings. The third-order valence-electron chi connectivity index (χ3n) is 7.48. The summed E-state index contributed by atoms with van der Waals surface area (Å²) < 4.78 is 41.5. The molecule has 2 amide bonds. The number of fused-ring (bicyclic) bond motifs is 2. The average Bonchev–Trinajstić information content (AvgIpc) is 3.58. The number of amides is 2. The summed E-state index contributed by atoms with van der Waals surface area (Å²) >= 11 is 0. The number of aromatic nitrogens is 4. The van der Waals surface area contributed by atoms with Crippen molar-refractivity contribution in [2.75, 3.05) is 43.9 Å². The maximum Gasteiger partial charge on any atom is 0.416 e. The van der Waals surface area contributed by atoms with Crippen molar-refractivity contribution in [1.82, 2.24) is 29.8 Å². The minimum Gasteiger partial charge on any atom is -0.344 e. The van der Waals surface area contributed by atoms with Gasteiger partial charge in [-0.05, 0) is 49.9 Å². The van der Waals surface area contributed by atoms with Gasteiger partial charge in [0.15, 0.2) is 5.69 Å². The molecule has 1 unspecified atom stereocenters. The second-order valence-corrected chi connectivity index (χ2v) is 10.3. The number of carbonyl (C=O) groups excluding carboxylic acids is 2. The van der Waals surface area contributed by atoms with Crippen LogP contribution in [0, 0.1) is 0 Å². The molecule has 1 atom stereocenters. The molecule has 0 bridgehead atoms.